The Balaban J connectivity index is 1.73. The van der Waals surface area contributed by atoms with E-state index in [1.54, 1.807) is 11.8 Å². The van der Waals surface area contributed by atoms with Gasteiger partial charge in [-0.15, -0.1) is 0 Å². The molecule has 154 valence electrons. The van der Waals surface area contributed by atoms with Crippen molar-refractivity contribution in [2.45, 2.75) is 32.1 Å². The molecule has 1 aliphatic carbocycles. The fourth-order valence-electron chi connectivity index (χ4n) is 4.55. The van der Waals surface area contributed by atoms with Crippen LogP contribution in [0.2, 0.25) is 0 Å². The van der Waals surface area contributed by atoms with Gasteiger partial charge in [0.2, 0.25) is 0 Å². The SMILES string of the molecule is CSC(=S)N1CC2(CCCCC2)COC1=Nc1ccc(N(C)C)c2ccccc12. The van der Waals surface area contributed by atoms with Crippen molar-refractivity contribution in [2.75, 3.05) is 38.4 Å². The number of aliphatic imine (C=N–C) groups is 1. The van der Waals surface area contributed by atoms with Crippen LogP contribution in [0.5, 0.6) is 0 Å². The molecule has 0 aromatic heterocycles. The highest BCUT2D eigenvalue weighted by Crippen LogP contribution is 2.41. The molecule has 1 spiro atoms. The smallest absolute Gasteiger partial charge is 0.298 e. The Morgan fingerprint density at radius 3 is 2.52 bits per heavy atom. The van der Waals surface area contributed by atoms with Crippen LogP contribution in [0.25, 0.3) is 10.8 Å². The number of hydrogen-bond acceptors (Lipinski definition) is 5. The molecule has 0 atom stereocenters. The van der Waals surface area contributed by atoms with E-state index in [0.717, 1.165) is 28.5 Å². The largest absolute Gasteiger partial charge is 0.464 e. The van der Waals surface area contributed by atoms with E-state index in [1.165, 1.54) is 43.2 Å². The first-order valence-corrected chi connectivity index (χ1v) is 11.9. The summed E-state index contributed by atoms with van der Waals surface area (Å²) in [6, 6.07) is 13.3. The molecule has 2 aliphatic rings. The number of benzene rings is 2. The minimum absolute atomic E-state index is 0.216. The van der Waals surface area contributed by atoms with Gasteiger partial charge in [0.05, 0.1) is 12.3 Å². The van der Waals surface area contributed by atoms with Gasteiger partial charge < -0.3 is 9.64 Å². The fraction of sp³-hybridized carbons (Fsp3) is 0.478. The number of anilines is 1. The molecule has 4 nitrogen and oxygen atoms in total. The molecular formula is C23H29N3OS2. The molecule has 0 radical (unpaired) electrons. The molecule has 29 heavy (non-hydrogen) atoms. The summed E-state index contributed by atoms with van der Waals surface area (Å²) in [7, 11) is 4.14. The average molecular weight is 428 g/mol. The lowest BCUT2D eigenvalue weighted by molar-refractivity contribution is 0.0347. The Bertz CT molecular complexity index is 935. The summed E-state index contributed by atoms with van der Waals surface area (Å²) in [4.78, 5) is 9.24. The van der Waals surface area contributed by atoms with Crippen molar-refractivity contribution in [3.05, 3.63) is 36.4 Å². The van der Waals surface area contributed by atoms with Gasteiger partial charge in [-0.25, -0.2) is 0 Å². The van der Waals surface area contributed by atoms with Crippen molar-refractivity contribution in [1.29, 1.82) is 0 Å². The number of nitrogens with zero attached hydrogens (tertiary/aromatic N) is 3. The Morgan fingerprint density at radius 2 is 1.83 bits per heavy atom. The summed E-state index contributed by atoms with van der Waals surface area (Å²) < 4.78 is 7.14. The Hall–Kier alpha value is -1.79. The number of hydrogen-bond donors (Lipinski definition) is 0. The number of rotatable bonds is 2. The standard InChI is InChI=1S/C23H29N3OS2/c1-25(2)20-12-11-19(17-9-5-6-10-18(17)20)24-21-26(22(28)29-3)15-23(16-27-21)13-7-4-8-14-23/h5-6,9-12H,4,7-8,13-16H2,1-3H3. The van der Waals surface area contributed by atoms with Gasteiger partial charge in [0.15, 0.2) is 0 Å². The van der Waals surface area contributed by atoms with Gasteiger partial charge in [-0.3, -0.25) is 4.90 Å². The van der Waals surface area contributed by atoms with Crippen LogP contribution in [0, 0.1) is 5.41 Å². The zero-order valence-corrected chi connectivity index (χ0v) is 19.1. The molecule has 0 N–H and O–H groups in total. The molecule has 1 aliphatic heterocycles. The van der Waals surface area contributed by atoms with Crippen molar-refractivity contribution in [3.8, 4) is 0 Å². The summed E-state index contributed by atoms with van der Waals surface area (Å²) in [6.07, 6.45) is 8.37. The van der Waals surface area contributed by atoms with Crippen LogP contribution in [-0.2, 0) is 4.74 Å². The highest BCUT2D eigenvalue weighted by molar-refractivity contribution is 8.22. The number of fused-ring (bicyclic) bond motifs is 1. The third-order valence-corrected chi connectivity index (χ3v) is 7.41. The van der Waals surface area contributed by atoms with Crippen LogP contribution in [0.4, 0.5) is 11.4 Å². The third kappa shape index (κ3) is 4.10. The van der Waals surface area contributed by atoms with Crippen LogP contribution in [0.1, 0.15) is 32.1 Å². The topological polar surface area (TPSA) is 28.1 Å². The van der Waals surface area contributed by atoms with Gasteiger partial charge in [-0.05, 0) is 31.2 Å². The number of amidine groups is 1. The van der Waals surface area contributed by atoms with Crippen molar-refractivity contribution in [3.63, 3.8) is 0 Å². The molecule has 4 rings (SSSR count). The lowest BCUT2D eigenvalue weighted by Crippen LogP contribution is -2.52. The number of ether oxygens (including phenoxy) is 1. The molecule has 2 aromatic carbocycles. The Labute approximate surface area is 183 Å². The van der Waals surface area contributed by atoms with E-state index >= 15 is 0 Å². The number of thioether (sulfide) groups is 1. The Morgan fingerprint density at radius 1 is 1.10 bits per heavy atom. The molecule has 2 fully saturated rings. The van der Waals surface area contributed by atoms with E-state index in [0.29, 0.717) is 6.02 Å². The second-order valence-corrected chi connectivity index (χ2v) is 9.78. The molecule has 0 unspecified atom stereocenters. The maximum atomic E-state index is 6.30. The Kier molecular flexibility index (Phi) is 6.02. The lowest BCUT2D eigenvalue weighted by Gasteiger charge is -2.45. The quantitative estimate of drug-likeness (QED) is 0.563. The van der Waals surface area contributed by atoms with Gasteiger partial charge in [0.1, 0.15) is 4.32 Å². The van der Waals surface area contributed by atoms with Crippen LogP contribution < -0.4 is 4.90 Å². The van der Waals surface area contributed by atoms with Crippen molar-refractivity contribution in [2.24, 2.45) is 10.4 Å². The van der Waals surface area contributed by atoms with Gasteiger partial charge in [-0.1, -0.05) is 67.5 Å². The number of thiocarbonyl (C=S) groups is 1. The van der Waals surface area contributed by atoms with E-state index < -0.39 is 0 Å². The highest BCUT2D eigenvalue weighted by Gasteiger charge is 2.41. The summed E-state index contributed by atoms with van der Waals surface area (Å²) in [5.74, 6) is 0. The zero-order valence-electron chi connectivity index (χ0n) is 17.5. The second-order valence-electron chi connectivity index (χ2n) is 8.34. The van der Waals surface area contributed by atoms with Gasteiger partial charge >= 0.3 is 0 Å². The molecule has 0 bridgehead atoms. The van der Waals surface area contributed by atoms with Crippen LogP contribution in [-0.4, -0.2) is 48.7 Å². The normalized spacial score (nSPS) is 20.1. The maximum Gasteiger partial charge on any atom is 0.298 e. The van der Waals surface area contributed by atoms with Gasteiger partial charge in [0.25, 0.3) is 6.02 Å². The minimum atomic E-state index is 0.216. The van der Waals surface area contributed by atoms with E-state index in [-0.39, 0.29) is 5.41 Å². The van der Waals surface area contributed by atoms with Crippen molar-refractivity contribution >= 4 is 56.5 Å². The molecule has 1 saturated carbocycles. The second kappa shape index (κ2) is 8.52. The van der Waals surface area contributed by atoms with Crippen molar-refractivity contribution in [1.82, 2.24) is 4.90 Å². The van der Waals surface area contributed by atoms with Gasteiger partial charge in [-0.2, -0.15) is 4.99 Å². The molecular weight excluding hydrogens is 398 g/mol. The third-order valence-electron chi connectivity index (χ3n) is 6.12. The summed E-state index contributed by atoms with van der Waals surface area (Å²) in [5, 5.41) is 2.32. The van der Waals surface area contributed by atoms with E-state index in [9.17, 15) is 0 Å². The van der Waals surface area contributed by atoms with Gasteiger partial charge in [0, 0.05) is 42.5 Å². The highest BCUT2D eigenvalue weighted by atomic mass is 32.2. The van der Waals surface area contributed by atoms with E-state index in [4.69, 9.17) is 21.9 Å². The molecule has 0 amide bonds. The first kappa shape index (κ1) is 20.5. The molecule has 1 heterocycles. The monoisotopic (exact) mass is 427 g/mol. The minimum Gasteiger partial charge on any atom is -0.464 e. The summed E-state index contributed by atoms with van der Waals surface area (Å²) >= 11 is 7.29. The molecule has 1 saturated heterocycles. The average Bonchev–Trinajstić information content (AvgIpc) is 2.75. The molecule has 6 heteroatoms. The van der Waals surface area contributed by atoms with Crippen LogP contribution in [0.3, 0.4) is 0 Å². The summed E-state index contributed by atoms with van der Waals surface area (Å²) in [5.41, 5.74) is 2.33. The predicted octanol–water partition coefficient (Wildman–Crippen LogP) is 5.82. The lowest BCUT2D eigenvalue weighted by atomic mass is 9.74. The maximum absolute atomic E-state index is 6.30. The van der Waals surface area contributed by atoms with E-state index in [2.05, 4.69) is 60.3 Å². The van der Waals surface area contributed by atoms with Crippen LogP contribution >= 0.6 is 24.0 Å². The fourth-order valence-corrected chi connectivity index (χ4v) is 5.06. The zero-order chi connectivity index (χ0) is 20.4. The molecule has 2 aromatic rings. The van der Waals surface area contributed by atoms with Crippen LogP contribution in [0.15, 0.2) is 41.4 Å². The first-order valence-electron chi connectivity index (χ1n) is 10.3. The summed E-state index contributed by atoms with van der Waals surface area (Å²) in [6.45, 7) is 1.66. The first-order chi connectivity index (χ1) is 14.0. The van der Waals surface area contributed by atoms with E-state index in [1.807, 2.05) is 6.26 Å². The van der Waals surface area contributed by atoms with Crippen molar-refractivity contribution < 1.29 is 4.74 Å². The predicted molar refractivity (Wildman–Crippen MR) is 130 cm³/mol.